The lowest BCUT2D eigenvalue weighted by atomic mass is 9.89. The van der Waals surface area contributed by atoms with E-state index < -0.39 is 18.0 Å². The normalized spacial score (nSPS) is 15.4. The number of piperazine rings is 1. The molecule has 2 aromatic heterocycles. The van der Waals surface area contributed by atoms with Crippen LogP contribution >= 0.6 is 0 Å². The first-order chi connectivity index (χ1) is 17.0. The second kappa shape index (κ2) is 9.27. The number of benzene rings is 2. The van der Waals surface area contributed by atoms with Gasteiger partial charge in [0.25, 0.3) is 0 Å². The third kappa shape index (κ3) is 3.93. The van der Waals surface area contributed by atoms with Crippen LogP contribution in [-0.2, 0) is 4.74 Å². The Hall–Kier alpha value is -4.11. The maximum Gasteiger partial charge on any atom is 0.342 e. The van der Waals surface area contributed by atoms with Crippen LogP contribution in [0.3, 0.4) is 0 Å². The van der Waals surface area contributed by atoms with Crippen LogP contribution in [0, 0.1) is 0 Å². The van der Waals surface area contributed by atoms with E-state index in [9.17, 15) is 14.7 Å². The molecular formula is C26H26N4O5. The third-order valence-corrected chi connectivity index (χ3v) is 6.52. The van der Waals surface area contributed by atoms with E-state index in [1.54, 1.807) is 24.2 Å². The van der Waals surface area contributed by atoms with E-state index in [1.807, 2.05) is 36.4 Å². The Bertz CT molecular complexity index is 1390. The molecule has 1 aliphatic heterocycles. The van der Waals surface area contributed by atoms with Crippen molar-refractivity contribution in [3.8, 4) is 5.75 Å². The van der Waals surface area contributed by atoms with Crippen molar-refractivity contribution < 1.29 is 23.8 Å². The monoisotopic (exact) mass is 474 g/mol. The van der Waals surface area contributed by atoms with E-state index in [2.05, 4.69) is 9.88 Å². The van der Waals surface area contributed by atoms with Gasteiger partial charge in [-0.3, -0.25) is 9.88 Å². The first kappa shape index (κ1) is 22.7. The van der Waals surface area contributed by atoms with Crippen molar-refractivity contribution in [2.24, 2.45) is 5.73 Å². The second-order valence-corrected chi connectivity index (χ2v) is 8.43. The largest absolute Gasteiger partial charge is 0.507 e. The minimum Gasteiger partial charge on any atom is -0.507 e. The smallest absolute Gasteiger partial charge is 0.342 e. The molecule has 0 aliphatic carbocycles. The molecule has 4 aromatic rings. The molecule has 1 atom stereocenters. The number of esters is 1. The van der Waals surface area contributed by atoms with E-state index in [0.29, 0.717) is 53.5 Å². The van der Waals surface area contributed by atoms with Crippen LogP contribution in [0.2, 0.25) is 0 Å². The average Bonchev–Trinajstić information content (AvgIpc) is 3.32. The number of ether oxygens (including phenoxy) is 1. The highest BCUT2D eigenvalue weighted by atomic mass is 16.5. The van der Waals surface area contributed by atoms with Crippen LogP contribution in [-0.4, -0.2) is 64.7 Å². The van der Waals surface area contributed by atoms with Gasteiger partial charge >= 0.3 is 12.0 Å². The molecule has 0 spiro atoms. The fraction of sp³-hybridized carbons (Fsp3) is 0.269. The quantitative estimate of drug-likeness (QED) is 0.423. The molecule has 0 saturated carbocycles. The number of phenolic OH excluding ortho intramolecular Hbond substituents is 1. The number of nitrogens with zero attached hydrogens (tertiary/aromatic N) is 3. The van der Waals surface area contributed by atoms with Gasteiger partial charge in [0.15, 0.2) is 0 Å². The van der Waals surface area contributed by atoms with Crippen LogP contribution in [0.5, 0.6) is 5.75 Å². The fourth-order valence-corrected chi connectivity index (χ4v) is 4.91. The zero-order valence-electron chi connectivity index (χ0n) is 19.3. The highest BCUT2D eigenvalue weighted by Gasteiger charge is 2.34. The van der Waals surface area contributed by atoms with E-state index in [-0.39, 0.29) is 17.9 Å². The molecule has 0 bridgehead atoms. The topological polar surface area (TPSA) is 122 Å². The van der Waals surface area contributed by atoms with Gasteiger partial charge in [0.05, 0.1) is 12.6 Å². The number of hydrogen-bond donors (Lipinski definition) is 2. The Kier molecular flexibility index (Phi) is 6.00. The van der Waals surface area contributed by atoms with Gasteiger partial charge in [-0.15, -0.1) is 0 Å². The molecule has 5 rings (SSSR count). The van der Waals surface area contributed by atoms with Gasteiger partial charge in [0.1, 0.15) is 23.2 Å². The summed E-state index contributed by atoms with van der Waals surface area (Å²) < 4.78 is 11.2. The van der Waals surface area contributed by atoms with Crippen LogP contribution in [0.1, 0.15) is 34.5 Å². The number of carbonyl (C=O) groups excluding carboxylic acids is 2. The lowest BCUT2D eigenvalue weighted by Crippen LogP contribution is -2.51. The number of urea groups is 1. The van der Waals surface area contributed by atoms with Gasteiger partial charge in [-0.1, -0.05) is 24.3 Å². The molecule has 1 aliphatic rings. The first-order valence-electron chi connectivity index (χ1n) is 11.5. The summed E-state index contributed by atoms with van der Waals surface area (Å²) in [6.45, 7) is 3.90. The highest BCUT2D eigenvalue weighted by molar-refractivity contribution is 6.16. The van der Waals surface area contributed by atoms with Crippen LogP contribution < -0.4 is 5.73 Å². The van der Waals surface area contributed by atoms with Gasteiger partial charge < -0.3 is 24.9 Å². The fourth-order valence-electron chi connectivity index (χ4n) is 4.91. The number of furan rings is 1. The van der Waals surface area contributed by atoms with Crippen molar-refractivity contribution in [3.05, 3.63) is 71.7 Å². The molecule has 2 aromatic carbocycles. The Morgan fingerprint density at radius 2 is 1.80 bits per heavy atom. The van der Waals surface area contributed by atoms with E-state index in [4.69, 9.17) is 14.9 Å². The Balaban J connectivity index is 1.78. The second-order valence-electron chi connectivity index (χ2n) is 8.43. The summed E-state index contributed by atoms with van der Waals surface area (Å²) in [5.41, 5.74) is 7.69. The number of carbonyl (C=O) groups is 2. The minimum absolute atomic E-state index is 0.0687. The van der Waals surface area contributed by atoms with Crippen molar-refractivity contribution in [2.75, 3.05) is 32.8 Å². The van der Waals surface area contributed by atoms with Crippen molar-refractivity contribution in [2.45, 2.75) is 13.0 Å². The molecule has 1 unspecified atom stereocenters. The molecule has 3 N–H and O–H groups in total. The molecule has 3 heterocycles. The summed E-state index contributed by atoms with van der Waals surface area (Å²) in [7, 11) is 0. The summed E-state index contributed by atoms with van der Waals surface area (Å²) in [5, 5.41) is 13.5. The Morgan fingerprint density at radius 3 is 2.46 bits per heavy atom. The first-order valence-corrected chi connectivity index (χ1v) is 11.5. The number of hydrogen-bond acceptors (Lipinski definition) is 7. The third-order valence-electron chi connectivity index (χ3n) is 6.52. The average molecular weight is 475 g/mol. The lowest BCUT2D eigenvalue weighted by molar-refractivity contribution is 0.0527. The van der Waals surface area contributed by atoms with Gasteiger partial charge in [-0.2, -0.15) is 0 Å². The van der Waals surface area contributed by atoms with Gasteiger partial charge in [-0.05, 0) is 24.6 Å². The van der Waals surface area contributed by atoms with Gasteiger partial charge in [0, 0.05) is 60.3 Å². The number of fused-ring (bicyclic) bond motifs is 3. The summed E-state index contributed by atoms with van der Waals surface area (Å²) in [6, 6.07) is 10.3. The van der Waals surface area contributed by atoms with Crippen molar-refractivity contribution in [3.63, 3.8) is 0 Å². The molecule has 9 heteroatoms. The lowest BCUT2D eigenvalue weighted by Gasteiger charge is -2.39. The molecule has 1 fully saturated rings. The Morgan fingerprint density at radius 1 is 1.11 bits per heavy atom. The maximum absolute atomic E-state index is 12.9. The molecule has 9 nitrogen and oxygen atoms in total. The molecule has 2 amide bonds. The zero-order valence-corrected chi connectivity index (χ0v) is 19.3. The number of aromatic hydroxyl groups is 1. The van der Waals surface area contributed by atoms with Gasteiger partial charge in [0.2, 0.25) is 0 Å². The molecule has 35 heavy (non-hydrogen) atoms. The molecule has 0 radical (unpaired) electrons. The molecular weight excluding hydrogens is 448 g/mol. The predicted molar refractivity (Wildman–Crippen MR) is 130 cm³/mol. The number of nitrogens with two attached hydrogens (primary N) is 1. The summed E-state index contributed by atoms with van der Waals surface area (Å²) >= 11 is 0. The van der Waals surface area contributed by atoms with E-state index >= 15 is 0 Å². The minimum atomic E-state index is -0.519. The van der Waals surface area contributed by atoms with Crippen LogP contribution in [0.25, 0.3) is 21.7 Å². The number of aromatic nitrogens is 1. The van der Waals surface area contributed by atoms with Crippen molar-refractivity contribution in [1.82, 2.24) is 14.8 Å². The number of phenols is 1. The van der Waals surface area contributed by atoms with Crippen LogP contribution in [0.4, 0.5) is 4.79 Å². The van der Waals surface area contributed by atoms with Crippen LogP contribution in [0.15, 0.2) is 59.5 Å². The highest BCUT2D eigenvalue weighted by Crippen LogP contribution is 2.46. The van der Waals surface area contributed by atoms with Gasteiger partial charge in [-0.25, -0.2) is 9.59 Å². The summed E-state index contributed by atoms with van der Waals surface area (Å²) in [4.78, 5) is 32.6. The van der Waals surface area contributed by atoms with E-state index in [0.717, 1.165) is 5.56 Å². The number of pyridine rings is 1. The maximum atomic E-state index is 12.9. The van der Waals surface area contributed by atoms with Crippen molar-refractivity contribution >= 4 is 33.7 Å². The Labute approximate surface area is 201 Å². The SMILES string of the molecule is CCOC(=O)c1coc2c1c(C(c1ccncc1)N1CCN(C(N)=O)CC1)c(O)c1ccccc12. The number of primary amides is 1. The molecule has 1 saturated heterocycles. The molecule has 180 valence electrons. The van der Waals surface area contributed by atoms with Crippen molar-refractivity contribution in [1.29, 1.82) is 0 Å². The summed E-state index contributed by atoms with van der Waals surface area (Å²) in [5.74, 6) is -0.451. The zero-order chi connectivity index (χ0) is 24.5. The number of amides is 2. The van der Waals surface area contributed by atoms with E-state index in [1.165, 1.54) is 6.26 Å². The summed E-state index contributed by atoms with van der Waals surface area (Å²) in [6.07, 6.45) is 4.78. The predicted octanol–water partition coefficient (Wildman–Crippen LogP) is 3.65. The number of rotatable bonds is 5. The standard InChI is InChI=1S/C26H26N4O5/c1-2-34-25(32)19-15-35-24-18-6-4-3-5-17(18)23(31)21(20(19)24)22(16-7-9-28-10-8-16)29-11-13-30(14-12-29)26(27)33/h3-10,15,22,31H,2,11-14H2,1H3,(H2,27,33).